The van der Waals surface area contributed by atoms with Crippen LogP contribution < -0.4 is 0 Å². The third kappa shape index (κ3) is 3.95. The van der Waals surface area contributed by atoms with Crippen LogP contribution in [0.2, 0.25) is 5.15 Å². The van der Waals surface area contributed by atoms with Crippen molar-refractivity contribution < 1.29 is 9.59 Å². The van der Waals surface area contributed by atoms with E-state index in [4.69, 9.17) is 11.6 Å². The van der Waals surface area contributed by atoms with Crippen molar-refractivity contribution in [3.63, 3.8) is 0 Å². The second-order valence-corrected chi connectivity index (χ2v) is 8.52. The third-order valence-corrected chi connectivity index (χ3v) is 5.83. The van der Waals surface area contributed by atoms with E-state index in [1.807, 2.05) is 42.5 Å². The van der Waals surface area contributed by atoms with Gasteiger partial charge in [0.05, 0.1) is 11.6 Å². The van der Waals surface area contributed by atoms with Crippen LogP contribution in [-0.4, -0.2) is 21.5 Å². The minimum absolute atomic E-state index is 0.0242. The van der Waals surface area contributed by atoms with Crippen molar-refractivity contribution in [3.8, 4) is 0 Å². The minimum atomic E-state index is -0.472. The monoisotopic (exact) mass is 406 g/mol. The maximum absolute atomic E-state index is 13.3. The number of fused-ring (bicyclic) bond motifs is 2. The number of aromatic nitrogens is 2. The van der Waals surface area contributed by atoms with E-state index < -0.39 is 5.92 Å². The molecule has 0 N–H and O–H groups in total. The Balaban J connectivity index is 1.72. The van der Waals surface area contributed by atoms with Crippen LogP contribution >= 0.6 is 11.6 Å². The predicted octanol–water partition coefficient (Wildman–Crippen LogP) is 5.74. The molecular weight excluding hydrogens is 384 g/mol. The first-order valence-corrected chi connectivity index (χ1v) is 10.4. The molecule has 0 saturated carbocycles. The average molecular weight is 407 g/mol. The second kappa shape index (κ2) is 8.03. The molecule has 148 valence electrons. The Kier molecular flexibility index (Phi) is 5.46. The van der Waals surface area contributed by atoms with Gasteiger partial charge in [0.2, 0.25) is 0 Å². The van der Waals surface area contributed by atoms with Gasteiger partial charge in [-0.25, -0.2) is 9.97 Å². The van der Waals surface area contributed by atoms with E-state index in [9.17, 15) is 9.59 Å². The van der Waals surface area contributed by atoms with Gasteiger partial charge in [0.25, 0.3) is 0 Å². The van der Waals surface area contributed by atoms with E-state index in [0.29, 0.717) is 40.8 Å². The summed E-state index contributed by atoms with van der Waals surface area (Å²) >= 11 is 6.03. The van der Waals surface area contributed by atoms with Crippen LogP contribution in [0.4, 0.5) is 0 Å². The Bertz CT molecular complexity index is 1090. The van der Waals surface area contributed by atoms with Crippen molar-refractivity contribution in [2.24, 2.45) is 5.92 Å². The first-order valence-electron chi connectivity index (χ1n) is 10.0. The van der Waals surface area contributed by atoms with Gasteiger partial charge < -0.3 is 0 Å². The van der Waals surface area contributed by atoms with Gasteiger partial charge in [-0.3, -0.25) is 9.59 Å². The van der Waals surface area contributed by atoms with Crippen molar-refractivity contribution in [1.29, 1.82) is 0 Å². The maximum Gasteiger partial charge on any atom is 0.172 e. The van der Waals surface area contributed by atoms with Crippen molar-refractivity contribution in [2.45, 2.75) is 44.9 Å². The van der Waals surface area contributed by atoms with E-state index in [1.165, 1.54) is 0 Å². The molecule has 1 unspecified atom stereocenters. The average Bonchev–Trinajstić information content (AvgIpc) is 2.98. The molecule has 0 bridgehead atoms. The van der Waals surface area contributed by atoms with Crippen LogP contribution in [-0.2, 0) is 4.79 Å². The zero-order valence-electron chi connectivity index (χ0n) is 16.6. The number of carbonyl (C=O) groups excluding carboxylic acids is 2. The Morgan fingerprint density at radius 3 is 2.62 bits per heavy atom. The predicted molar refractivity (Wildman–Crippen MR) is 114 cm³/mol. The number of pyridine rings is 2. The standard InChI is InChI=1S/C24H23ClN2O2/c1-14(2)7-10-16(28)13-19-17-5-3-4-6-18(17)23(29)22(19)20-11-8-15-9-12-21(25)27-24(15)26-20/h3-6,8-9,11-12,14,19,22H,7,10,13H2,1-2H3/t19-,22?/m0/s1. The number of halogens is 1. The van der Waals surface area contributed by atoms with E-state index in [0.717, 1.165) is 17.4 Å². The quantitative estimate of drug-likeness (QED) is 0.489. The zero-order chi connectivity index (χ0) is 20.5. The van der Waals surface area contributed by atoms with E-state index in [2.05, 4.69) is 23.8 Å². The van der Waals surface area contributed by atoms with Gasteiger partial charge in [-0.05, 0) is 42.2 Å². The molecule has 5 heteroatoms. The number of hydrogen-bond acceptors (Lipinski definition) is 4. The number of hydrogen-bond donors (Lipinski definition) is 0. The molecule has 1 aliphatic carbocycles. The summed E-state index contributed by atoms with van der Waals surface area (Å²) in [6.07, 6.45) is 1.75. The van der Waals surface area contributed by atoms with Crippen LogP contribution in [0.5, 0.6) is 0 Å². The zero-order valence-corrected chi connectivity index (χ0v) is 17.3. The molecule has 4 nitrogen and oxygen atoms in total. The number of nitrogens with zero attached hydrogens (tertiary/aromatic N) is 2. The number of rotatable bonds is 6. The highest BCUT2D eigenvalue weighted by molar-refractivity contribution is 6.29. The van der Waals surface area contributed by atoms with E-state index in [1.54, 1.807) is 6.07 Å². The number of benzene rings is 1. The van der Waals surface area contributed by atoms with Gasteiger partial charge in [0, 0.05) is 29.7 Å². The lowest BCUT2D eigenvalue weighted by molar-refractivity contribution is -0.119. The van der Waals surface area contributed by atoms with E-state index >= 15 is 0 Å². The lowest BCUT2D eigenvalue weighted by Crippen LogP contribution is -2.17. The summed E-state index contributed by atoms with van der Waals surface area (Å²) in [5.74, 6) is 0.0320. The van der Waals surface area contributed by atoms with E-state index in [-0.39, 0.29) is 17.5 Å². The summed E-state index contributed by atoms with van der Waals surface area (Å²) in [6.45, 7) is 4.23. The van der Waals surface area contributed by atoms with Crippen LogP contribution in [0.3, 0.4) is 0 Å². The van der Waals surface area contributed by atoms with Crippen LogP contribution in [0.15, 0.2) is 48.5 Å². The molecule has 2 heterocycles. The molecule has 29 heavy (non-hydrogen) atoms. The van der Waals surface area contributed by atoms with Crippen molar-refractivity contribution in [2.75, 3.05) is 0 Å². The molecule has 4 rings (SSSR count). The smallest absolute Gasteiger partial charge is 0.172 e. The van der Waals surface area contributed by atoms with Crippen molar-refractivity contribution in [1.82, 2.24) is 9.97 Å². The highest BCUT2D eigenvalue weighted by Crippen LogP contribution is 2.45. The van der Waals surface area contributed by atoms with Crippen LogP contribution in [0.1, 0.15) is 66.6 Å². The van der Waals surface area contributed by atoms with Gasteiger partial charge in [-0.1, -0.05) is 49.7 Å². The van der Waals surface area contributed by atoms with Crippen molar-refractivity contribution in [3.05, 3.63) is 70.5 Å². The lowest BCUT2D eigenvalue weighted by atomic mass is 9.84. The molecule has 3 aromatic rings. The Hall–Kier alpha value is -2.59. The summed E-state index contributed by atoms with van der Waals surface area (Å²) in [5.41, 5.74) is 2.81. The molecule has 1 aromatic carbocycles. The summed E-state index contributed by atoms with van der Waals surface area (Å²) in [7, 11) is 0. The number of ketones is 2. The topological polar surface area (TPSA) is 59.9 Å². The summed E-state index contributed by atoms with van der Waals surface area (Å²) in [4.78, 5) is 34.9. The third-order valence-electron chi connectivity index (χ3n) is 5.62. The Morgan fingerprint density at radius 2 is 1.83 bits per heavy atom. The molecule has 1 aliphatic rings. The summed E-state index contributed by atoms with van der Waals surface area (Å²) in [5, 5.41) is 1.23. The Morgan fingerprint density at radius 1 is 1.07 bits per heavy atom. The maximum atomic E-state index is 13.3. The first-order chi connectivity index (χ1) is 13.9. The molecule has 0 amide bonds. The summed E-state index contributed by atoms with van der Waals surface area (Å²) < 4.78 is 0. The molecule has 0 aliphatic heterocycles. The normalized spacial score (nSPS) is 18.4. The molecule has 2 atom stereocenters. The highest BCUT2D eigenvalue weighted by Gasteiger charge is 2.42. The first kappa shape index (κ1) is 19.7. The number of carbonyl (C=O) groups is 2. The Labute approximate surface area is 175 Å². The highest BCUT2D eigenvalue weighted by atomic mass is 35.5. The lowest BCUT2D eigenvalue weighted by Gasteiger charge is -2.19. The molecule has 0 fully saturated rings. The second-order valence-electron chi connectivity index (χ2n) is 8.13. The minimum Gasteiger partial charge on any atom is -0.300 e. The van der Waals surface area contributed by atoms with Crippen LogP contribution in [0.25, 0.3) is 11.0 Å². The molecule has 0 radical (unpaired) electrons. The molecule has 0 spiro atoms. The summed E-state index contributed by atoms with van der Waals surface area (Å²) in [6, 6.07) is 15.0. The van der Waals surface area contributed by atoms with Crippen LogP contribution in [0, 0.1) is 5.92 Å². The largest absolute Gasteiger partial charge is 0.300 e. The fraction of sp³-hybridized carbons (Fsp3) is 0.333. The van der Waals surface area contributed by atoms with Gasteiger partial charge in [-0.2, -0.15) is 0 Å². The van der Waals surface area contributed by atoms with Gasteiger partial charge in [0.1, 0.15) is 10.9 Å². The van der Waals surface area contributed by atoms with Gasteiger partial charge in [-0.15, -0.1) is 0 Å². The molecule has 2 aromatic heterocycles. The van der Waals surface area contributed by atoms with Gasteiger partial charge in [0.15, 0.2) is 11.4 Å². The fourth-order valence-electron chi connectivity index (χ4n) is 4.10. The van der Waals surface area contributed by atoms with Crippen molar-refractivity contribution >= 4 is 34.2 Å². The SMILES string of the molecule is CC(C)CCC(=O)C[C@H]1c2ccccc2C(=O)C1c1ccc2ccc(Cl)nc2n1. The fourth-order valence-corrected chi connectivity index (χ4v) is 4.25. The molecule has 0 saturated heterocycles. The van der Waals surface area contributed by atoms with Gasteiger partial charge >= 0.3 is 0 Å². The number of Topliss-reactive ketones (excluding diaryl/α,β-unsaturated/α-hetero) is 2. The molecular formula is C24H23ClN2O2.